The van der Waals surface area contributed by atoms with E-state index in [9.17, 15) is 9.59 Å². The highest BCUT2D eigenvalue weighted by molar-refractivity contribution is 5.93. The molecule has 0 aliphatic carbocycles. The molecule has 1 amide bonds. The zero-order valence-electron chi connectivity index (χ0n) is 14.0. The van der Waals surface area contributed by atoms with Gasteiger partial charge in [0, 0.05) is 25.9 Å². The topological polar surface area (TPSA) is 68.3 Å². The van der Waals surface area contributed by atoms with E-state index in [1.165, 1.54) is 6.07 Å². The number of benzene rings is 1. The van der Waals surface area contributed by atoms with Crippen molar-refractivity contribution in [3.63, 3.8) is 0 Å². The Hall–Kier alpha value is -2.89. The summed E-state index contributed by atoms with van der Waals surface area (Å²) in [6.45, 7) is 0.644. The molecule has 0 N–H and O–H groups in total. The minimum Gasteiger partial charge on any atom is -0.451 e. The van der Waals surface area contributed by atoms with Gasteiger partial charge in [0.25, 0.3) is 5.91 Å². The maximum absolute atomic E-state index is 13.1. The van der Waals surface area contributed by atoms with Crippen molar-refractivity contribution in [1.29, 1.82) is 0 Å². The molecule has 6 nitrogen and oxygen atoms in total. The molecule has 128 valence electrons. The number of rotatable bonds is 2. The third kappa shape index (κ3) is 2.73. The highest BCUT2D eigenvalue weighted by Gasteiger charge is 2.31. The lowest BCUT2D eigenvalue weighted by molar-refractivity contribution is 0.0569. The van der Waals surface area contributed by atoms with Crippen LogP contribution in [0.4, 0.5) is 0 Å². The van der Waals surface area contributed by atoms with Gasteiger partial charge < -0.3 is 9.32 Å². The van der Waals surface area contributed by atoms with Gasteiger partial charge in [-0.05, 0) is 37.5 Å². The Labute approximate surface area is 144 Å². The van der Waals surface area contributed by atoms with Gasteiger partial charge in [-0.25, -0.2) is 0 Å². The molecule has 0 saturated carbocycles. The maximum Gasteiger partial charge on any atom is 0.290 e. The predicted octanol–water partition coefficient (Wildman–Crippen LogP) is 2.89. The summed E-state index contributed by atoms with van der Waals surface area (Å²) in [6.07, 6.45) is 4.62. The van der Waals surface area contributed by atoms with Crippen LogP contribution in [0.3, 0.4) is 0 Å². The summed E-state index contributed by atoms with van der Waals surface area (Å²) >= 11 is 0. The van der Waals surface area contributed by atoms with E-state index in [-0.39, 0.29) is 23.1 Å². The van der Waals surface area contributed by atoms with Gasteiger partial charge >= 0.3 is 0 Å². The number of hydrogen-bond donors (Lipinski definition) is 0. The van der Waals surface area contributed by atoms with E-state index < -0.39 is 0 Å². The fourth-order valence-electron chi connectivity index (χ4n) is 3.54. The molecule has 25 heavy (non-hydrogen) atoms. The SMILES string of the molecule is Cn1nccc1C1CCCCN1C(=O)c1cc(=O)c2ccccc2o1. The Morgan fingerprint density at radius 2 is 2.08 bits per heavy atom. The lowest BCUT2D eigenvalue weighted by Crippen LogP contribution is -2.39. The molecule has 2 aromatic heterocycles. The first-order valence-corrected chi connectivity index (χ1v) is 8.47. The molecular formula is C19H19N3O3. The van der Waals surface area contributed by atoms with Crippen molar-refractivity contribution < 1.29 is 9.21 Å². The third-order valence-electron chi connectivity index (χ3n) is 4.81. The van der Waals surface area contributed by atoms with Gasteiger partial charge in [-0.3, -0.25) is 14.3 Å². The fourth-order valence-corrected chi connectivity index (χ4v) is 3.54. The van der Waals surface area contributed by atoms with E-state index in [0.717, 1.165) is 25.0 Å². The average Bonchev–Trinajstić information content (AvgIpc) is 3.07. The van der Waals surface area contributed by atoms with Crippen molar-refractivity contribution in [2.24, 2.45) is 7.05 Å². The number of piperidine rings is 1. The first kappa shape index (κ1) is 15.6. The number of fused-ring (bicyclic) bond motifs is 1. The van der Waals surface area contributed by atoms with Crippen LogP contribution < -0.4 is 5.43 Å². The lowest BCUT2D eigenvalue weighted by Gasteiger charge is -2.35. The van der Waals surface area contributed by atoms with Crippen LogP contribution >= 0.6 is 0 Å². The summed E-state index contributed by atoms with van der Waals surface area (Å²) in [5, 5.41) is 4.71. The van der Waals surface area contributed by atoms with E-state index in [4.69, 9.17) is 4.42 Å². The molecule has 3 heterocycles. The lowest BCUT2D eigenvalue weighted by atomic mass is 9.98. The van der Waals surface area contributed by atoms with Crippen LogP contribution in [0.25, 0.3) is 11.0 Å². The molecule has 0 bridgehead atoms. The molecule has 1 aliphatic rings. The Morgan fingerprint density at radius 3 is 2.88 bits per heavy atom. The minimum absolute atomic E-state index is 0.0504. The largest absolute Gasteiger partial charge is 0.451 e. The molecule has 0 spiro atoms. The number of carbonyl (C=O) groups is 1. The normalized spacial score (nSPS) is 17.8. The maximum atomic E-state index is 13.1. The highest BCUT2D eigenvalue weighted by Crippen LogP contribution is 2.31. The minimum atomic E-state index is -0.242. The zero-order valence-corrected chi connectivity index (χ0v) is 14.0. The van der Waals surface area contributed by atoms with Gasteiger partial charge in [-0.2, -0.15) is 5.10 Å². The molecule has 1 aromatic carbocycles. The van der Waals surface area contributed by atoms with Crippen LogP contribution in [0.1, 0.15) is 41.6 Å². The number of aryl methyl sites for hydroxylation is 1. The van der Waals surface area contributed by atoms with Gasteiger partial charge in [0.15, 0.2) is 11.2 Å². The van der Waals surface area contributed by atoms with Crippen molar-refractivity contribution >= 4 is 16.9 Å². The quantitative estimate of drug-likeness (QED) is 0.721. The van der Waals surface area contributed by atoms with Crippen LogP contribution in [0.15, 0.2) is 51.8 Å². The van der Waals surface area contributed by atoms with Gasteiger partial charge in [0.1, 0.15) is 5.58 Å². The molecule has 1 saturated heterocycles. The van der Waals surface area contributed by atoms with Crippen molar-refractivity contribution in [2.75, 3.05) is 6.54 Å². The smallest absolute Gasteiger partial charge is 0.290 e. The second-order valence-corrected chi connectivity index (χ2v) is 6.36. The Balaban J connectivity index is 1.74. The number of hydrogen-bond acceptors (Lipinski definition) is 4. The van der Waals surface area contributed by atoms with Crippen LogP contribution in [0.5, 0.6) is 0 Å². The van der Waals surface area contributed by atoms with Crippen LogP contribution in [0, 0.1) is 0 Å². The monoisotopic (exact) mass is 337 g/mol. The second kappa shape index (κ2) is 6.20. The van der Waals surface area contributed by atoms with E-state index in [2.05, 4.69) is 5.10 Å². The van der Waals surface area contributed by atoms with Gasteiger partial charge in [-0.15, -0.1) is 0 Å². The molecule has 4 rings (SSSR count). The van der Waals surface area contributed by atoms with Gasteiger partial charge in [0.05, 0.1) is 17.1 Å². The van der Waals surface area contributed by atoms with Crippen molar-refractivity contribution in [2.45, 2.75) is 25.3 Å². The van der Waals surface area contributed by atoms with Crippen molar-refractivity contribution in [3.8, 4) is 0 Å². The van der Waals surface area contributed by atoms with Crippen molar-refractivity contribution in [1.82, 2.24) is 14.7 Å². The van der Waals surface area contributed by atoms with Crippen LogP contribution in [0.2, 0.25) is 0 Å². The number of likely N-dealkylation sites (tertiary alicyclic amines) is 1. The fraction of sp³-hybridized carbons (Fsp3) is 0.316. The molecule has 1 fully saturated rings. The number of carbonyl (C=O) groups excluding carboxylic acids is 1. The number of nitrogens with zero attached hydrogens (tertiary/aromatic N) is 3. The first-order valence-electron chi connectivity index (χ1n) is 8.47. The molecule has 0 radical (unpaired) electrons. The summed E-state index contributed by atoms with van der Waals surface area (Å²) in [7, 11) is 1.88. The van der Waals surface area contributed by atoms with E-state index in [1.807, 2.05) is 13.1 Å². The Morgan fingerprint density at radius 1 is 1.24 bits per heavy atom. The molecule has 1 unspecified atom stereocenters. The standard InChI is InChI=1S/C19H19N3O3/c1-21-14(9-10-20-21)15-7-4-5-11-22(15)19(24)18-12-16(23)13-6-2-3-8-17(13)25-18/h2-3,6,8-10,12,15H,4-5,7,11H2,1H3. The molecule has 3 aromatic rings. The Kier molecular flexibility index (Phi) is 3.87. The summed E-state index contributed by atoms with van der Waals surface area (Å²) < 4.78 is 7.54. The number of para-hydroxylation sites is 1. The number of aromatic nitrogens is 2. The Bertz CT molecular complexity index is 989. The molecule has 6 heteroatoms. The van der Waals surface area contributed by atoms with E-state index in [0.29, 0.717) is 17.5 Å². The number of amides is 1. The summed E-state index contributed by atoms with van der Waals surface area (Å²) in [6, 6.07) is 10.2. The third-order valence-corrected chi connectivity index (χ3v) is 4.81. The first-order chi connectivity index (χ1) is 12.1. The van der Waals surface area contributed by atoms with E-state index >= 15 is 0 Å². The van der Waals surface area contributed by atoms with Crippen LogP contribution in [-0.4, -0.2) is 27.1 Å². The van der Waals surface area contributed by atoms with Crippen LogP contribution in [-0.2, 0) is 7.05 Å². The zero-order chi connectivity index (χ0) is 17.4. The van der Waals surface area contributed by atoms with E-state index in [1.54, 1.807) is 40.0 Å². The molecule has 1 aliphatic heterocycles. The molecular weight excluding hydrogens is 318 g/mol. The second-order valence-electron chi connectivity index (χ2n) is 6.36. The summed E-state index contributed by atoms with van der Waals surface area (Å²) in [5.41, 5.74) is 1.24. The summed E-state index contributed by atoms with van der Waals surface area (Å²) in [5.74, 6) is -0.147. The average molecular weight is 337 g/mol. The predicted molar refractivity (Wildman–Crippen MR) is 93.3 cm³/mol. The summed E-state index contributed by atoms with van der Waals surface area (Å²) in [4.78, 5) is 27.2. The highest BCUT2D eigenvalue weighted by atomic mass is 16.3. The van der Waals surface area contributed by atoms with Gasteiger partial charge in [-0.1, -0.05) is 12.1 Å². The van der Waals surface area contributed by atoms with Gasteiger partial charge in [0.2, 0.25) is 0 Å². The van der Waals surface area contributed by atoms with Crippen molar-refractivity contribution in [3.05, 3.63) is 64.3 Å². The molecule has 1 atom stereocenters.